The SMILES string of the molecule is C[N-]c1ccc(OC(F)(F)F)c(CN[C@H]2CCCN[C@H]2c2ccccc2)c1. The summed E-state index contributed by atoms with van der Waals surface area (Å²) < 4.78 is 42.3. The van der Waals surface area contributed by atoms with Gasteiger partial charge in [0.1, 0.15) is 5.75 Å². The molecular formula is C20H23F3N3O-. The molecule has 2 aromatic rings. The molecule has 1 heterocycles. The van der Waals surface area contributed by atoms with Gasteiger partial charge < -0.3 is 20.7 Å². The van der Waals surface area contributed by atoms with Crippen molar-refractivity contribution in [1.82, 2.24) is 10.6 Å². The molecule has 7 heteroatoms. The summed E-state index contributed by atoms with van der Waals surface area (Å²) in [5.74, 6) is -0.192. The lowest BCUT2D eigenvalue weighted by atomic mass is 9.92. The van der Waals surface area contributed by atoms with Gasteiger partial charge in [-0.25, -0.2) is 0 Å². The van der Waals surface area contributed by atoms with Gasteiger partial charge in [-0.15, -0.1) is 25.9 Å². The highest BCUT2D eigenvalue weighted by Gasteiger charge is 2.32. The number of benzene rings is 2. The molecule has 0 radical (unpaired) electrons. The summed E-state index contributed by atoms with van der Waals surface area (Å²) in [5, 5.41) is 11.0. The summed E-state index contributed by atoms with van der Waals surface area (Å²) in [4.78, 5) is 0. The second-order valence-electron chi connectivity index (χ2n) is 6.54. The van der Waals surface area contributed by atoms with E-state index >= 15 is 0 Å². The Balaban J connectivity index is 1.76. The number of halogens is 3. The van der Waals surface area contributed by atoms with E-state index in [-0.39, 0.29) is 24.4 Å². The van der Waals surface area contributed by atoms with Gasteiger partial charge in [0.25, 0.3) is 0 Å². The molecular weight excluding hydrogens is 355 g/mol. The van der Waals surface area contributed by atoms with Crippen LogP contribution in [0.2, 0.25) is 0 Å². The molecule has 2 aromatic carbocycles. The van der Waals surface area contributed by atoms with Gasteiger partial charge in [0, 0.05) is 24.2 Å². The minimum Gasteiger partial charge on any atom is -0.687 e. The second-order valence-corrected chi connectivity index (χ2v) is 6.54. The Morgan fingerprint density at radius 3 is 2.67 bits per heavy atom. The lowest BCUT2D eigenvalue weighted by Gasteiger charge is -2.34. The van der Waals surface area contributed by atoms with Crippen LogP contribution in [0.4, 0.5) is 18.9 Å². The molecule has 4 nitrogen and oxygen atoms in total. The van der Waals surface area contributed by atoms with Crippen molar-refractivity contribution in [2.45, 2.75) is 37.8 Å². The van der Waals surface area contributed by atoms with Crippen LogP contribution in [0.15, 0.2) is 48.5 Å². The number of ether oxygens (including phenoxy) is 1. The largest absolute Gasteiger partial charge is 0.687 e. The smallest absolute Gasteiger partial charge is 0.573 e. The number of rotatable bonds is 6. The Morgan fingerprint density at radius 1 is 1.19 bits per heavy atom. The second kappa shape index (κ2) is 8.63. The number of alkyl halides is 3. The third kappa shape index (κ3) is 5.37. The van der Waals surface area contributed by atoms with Gasteiger partial charge >= 0.3 is 6.36 Å². The molecule has 1 saturated heterocycles. The molecule has 0 bridgehead atoms. The molecule has 2 atom stereocenters. The molecule has 0 saturated carbocycles. The van der Waals surface area contributed by atoms with Crippen molar-refractivity contribution < 1.29 is 17.9 Å². The Labute approximate surface area is 157 Å². The number of piperidine rings is 1. The Bertz CT molecular complexity index is 737. The molecule has 1 aliphatic rings. The highest BCUT2D eigenvalue weighted by molar-refractivity contribution is 5.54. The Kier molecular flexibility index (Phi) is 6.23. The number of hydrogen-bond acceptors (Lipinski definition) is 3. The lowest BCUT2D eigenvalue weighted by Crippen LogP contribution is -2.45. The average Bonchev–Trinajstić information content (AvgIpc) is 2.67. The van der Waals surface area contributed by atoms with Crippen LogP contribution in [0.25, 0.3) is 5.32 Å². The van der Waals surface area contributed by atoms with Crippen molar-refractivity contribution in [3.8, 4) is 5.75 Å². The summed E-state index contributed by atoms with van der Waals surface area (Å²) in [6.45, 7) is 1.19. The molecule has 0 amide bonds. The predicted octanol–water partition coefficient (Wildman–Crippen LogP) is 4.80. The fourth-order valence-electron chi connectivity index (χ4n) is 3.43. The minimum atomic E-state index is -4.72. The molecule has 0 spiro atoms. The third-order valence-corrected chi connectivity index (χ3v) is 4.70. The monoisotopic (exact) mass is 378 g/mol. The summed E-state index contributed by atoms with van der Waals surface area (Å²) in [6.07, 6.45) is -2.77. The zero-order chi connectivity index (χ0) is 19.3. The van der Waals surface area contributed by atoms with Gasteiger partial charge in [0.2, 0.25) is 0 Å². The van der Waals surface area contributed by atoms with Crippen LogP contribution in [-0.4, -0.2) is 26.0 Å². The first-order valence-electron chi connectivity index (χ1n) is 8.96. The first-order chi connectivity index (χ1) is 13.0. The van der Waals surface area contributed by atoms with Crippen LogP contribution in [0, 0.1) is 0 Å². The minimum absolute atomic E-state index is 0.113. The first-order valence-corrected chi connectivity index (χ1v) is 8.96. The van der Waals surface area contributed by atoms with Crippen LogP contribution in [0.1, 0.15) is 30.0 Å². The maximum Gasteiger partial charge on any atom is 0.573 e. The standard InChI is InChI=1S/C20H23F3N3O/c1-24-16-9-10-18(27-20(21,22)23)15(12-16)13-26-17-8-5-11-25-19(17)14-6-3-2-4-7-14/h2-4,6-7,9-10,12,17,19,25-26H,5,8,11,13H2,1H3/q-1/t17-,19-/m0/s1. The van der Waals surface area contributed by atoms with Gasteiger partial charge in [0.05, 0.1) is 0 Å². The topological polar surface area (TPSA) is 47.4 Å². The van der Waals surface area contributed by atoms with Crippen LogP contribution in [0.3, 0.4) is 0 Å². The van der Waals surface area contributed by atoms with Crippen molar-refractivity contribution >= 4 is 5.69 Å². The summed E-state index contributed by atoms with van der Waals surface area (Å²) in [5.41, 5.74) is 2.22. The van der Waals surface area contributed by atoms with E-state index in [1.54, 1.807) is 13.1 Å². The van der Waals surface area contributed by atoms with E-state index < -0.39 is 6.36 Å². The molecule has 0 aromatic heterocycles. The van der Waals surface area contributed by atoms with E-state index in [9.17, 15) is 13.2 Å². The summed E-state index contributed by atoms with van der Waals surface area (Å²) >= 11 is 0. The Morgan fingerprint density at radius 2 is 1.96 bits per heavy atom. The fraction of sp³-hybridized carbons (Fsp3) is 0.400. The molecule has 1 fully saturated rings. The zero-order valence-electron chi connectivity index (χ0n) is 15.1. The average molecular weight is 378 g/mol. The molecule has 0 unspecified atom stereocenters. The maximum atomic E-state index is 12.7. The van der Waals surface area contributed by atoms with E-state index in [2.05, 4.69) is 32.8 Å². The van der Waals surface area contributed by atoms with Crippen LogP contribution < -0.4 is 15.4 Å². The zero-order valence-corrected chi connectivity index (χ0v) is 15.1. The summed E-state index contributed by atoms with van der Waals surface area (Å²) in [7, 11) is 1.60. The van der Waals surface area contributed by atoms with Gasteiger partial charge in [-0.05, 0) is 31.0 Å². The molecule has 146 valence electrons. The molecule has 3 rings (SSSR count). The number of nitrogens with zero attached hydrogens (tertiary/aromatic N) is 1. The van der Waals surface area contributed by atoms with E-state index in [1.807, 2.05) is 18.2 Å². The number of nitrogens with one attached hydrogen (secondary N) is 2. The highest BCUT2D eigenvalue weighted by atomic mass is 19.4. The third-order valence-electron chi connectivity index (χ3n) is 4.70. The fourth-order valence-corrected chi connectivity index (χ4v) is 3.43. The van der Waals surface area contributed by atoms with E-state index in [0.717, 1.165) is 19.4 Å². The van der Waals surface area contributed by atoms with Crippen LogP contribution >= 0.6 is 0 Å². The first kappa shape index (κ1) is 19.5. The van der Waals surface area contributed by atoms with Crippen molar-refractivity contribution in [2.24, 2.45) is 0 Å². The van der Waals surface area contributed by atoms with E-state index in [0.29, 0.717) is 11.3 Å². The highest BCUT2D eigenvalue weighted by Crippen LogP contribution is 2.31. The Hall–Kier alpha value is -2.25. The van der Waals surface area contributed by atoms with E-state index in [1.165, 1.54) is 17.7 Å². The van der Waals surface area contributed by atoms with Gasteiger partial charge in [-0.1, -0.05) is 42.5 Å². The quantitative estimate of drug-likeness (QED) is 0.759. The normalized spacial score (nSPS) is 20.3. The van der Waals surface area contributed by atoms with Crippen molar-refractivity contribution in [3.05, 3.63) is 65.0 Å². The van der Waals surface area contributed by atoms with Crippen molar-refractivity contribution in [2.75, 3.05) is 13.6 Å². The van der Waals surface area contributed by atoms with Gasteiger partial charge in [-0.2, -0.15) is 0 Å². The van der Waals surface area contributed by atoms with Crippen molar-refractivity contribution in [1.29, 1.82) is 0 Å². The van der Waals surface area contributed by atoms with Gasteiger partial charge in [-0.3, -0.25) is 0 Å². The number of hydrogen-bond donors (Lipinski definition) is 2. The molecule has 27 heavy (non-hydrogen) atoms. The van der Waals surface area contributed by atoms with Crippen LogP contribution in [0.5, 0.6) is 5.75 Å². The molecule has 2 N–H and O–H groups in total. The van der Waals surface area contributed by atoms with E-state index in [4.69, 9.17) is 0 Å². The van der Waals surface area contributed by atoms with Crippen LogP contribution in [-0.2, 0) is 6.54 Å². The van der Waals surface area contributed by atoms with Crippen molar-refractivity contribution in [3.63, 3.8) is 0 Å². The van der Waals surface area contributed by atoms with Gasteiger partial charge in [0.15, 0.2) is 0 Å². The lowest BCUT2D eigenvalue weighted by molar-refractivity contribution is -0.274. The predicted molar refractivity (Wildman–Crippen MR) is 99.1 cm³/mol. The molecule has 1 aliphatic heterocycles. The molecule has 0 aliphatic carbocycles. The maximum absolute atomic E-state index is 12.7. The summed E-state index contributed by atoms with van der Waals surface area (Å²) in [6, 6.07) is 14.8.